The van der Waals surface area contributed by atoms with Crippen LogP contribution in [-0.2, 0) is 10.0 Å². The summed E-state index contributed by atoms with van der Waals surface area (Å²) >= 11 is 0. The monoisotopic (exact) mass is 289 g/mol. The van der Waals surface area contributed by atoms with E-state index in [0.29, 0.717) is 0 Å². The summed E-state index contributed by atoms with van der Waals surface area (Å²) in [6.45, 7) is 3.52. The SMILES string of the molecule is CC(C)CS(=O)(=O)Nc1ccc(F)cc1/C(N)=N/O. The van der Waals surface area contributed by atoms with E-state index in [1.54, 1.807) is 13.8 Å². The van der Waals surface area contributed by atoms with Crippen LogP contribution >= 0.6 is 0 Å². The summed E-state index contributed by atoms with van der Waals surface area (Å²) in [4.78, 5) is 0. The van der Waals surface area contributed by atoms with E-state index in [1.165, 1.54) is 6.07 Å². The highest BCUT2D eigenvalue weighted by molar-refractivity contribution is 7.92. The van der Waals surface area contributed by atoms with Crippen molar-refractivity contribution in [3.63, 3.8) is 0 Å². The first-order valence-corrected chi connectivity index (χ1v) is 7.18. The van der Waals surface area contributed by atoms with Crippen molar-refractivity contribution in [1.29, 1.82) is 0 Å². The summed E-state index contributed by atoms with van der Waals surface area (Å²) in [5.41, 5.74) is 5.43. The second-order valence-electron chi connectivity index (χ2n) is 4.45. The summed E-state index contributed by atoms with van der Waals surface area (Å²) in [5.74, 6) is -1.14. The molecule has 0 spiro atoms. The van der Waals surface area contributed by atoms with Crippen molar-refractivity contribution in [3.05, 3.63) is 29.6 Å². The molecule has 1 aromatic rings. The third-order valence-electron chi connectivity index (χ3n) is 2.18. The molecular weight excluding hydrogens is 273 g/mol. The van der Waals surface area contributed by atoms with Crippen molar-refractivity contribution in [2.45, 2.75) is 13.8 Å². The normalized spacial score (nSPS) is 12.7. The topological polar surface area (TPSA) is 105 Å². The zero-order valence-electron chi connectivity index (χ0n) is 10.6. The smallest absolute Gasteiger partial charge is 0.232 e. The Kier molecular flexibility index (Phi) is 4.71. The van der Waals surface area contributed by atoms with Gasteiger partial charge in [-0.2, -0.15) is 0 Å². The van der Waals surface area contributed by atoms with Crippen LogP contribution in [0.1, 0.15) is 19.4 Å². The predicted molar refractivity (Wildman–Crippen MR) is 71.2 cm³/mol. The van der Waals surface area contributed by atoms with Gasteiger partial charge in [0.15, 0.2) is 5.84 Å². The molecule has 0 heterocycles. The quantitative estimate of drug-likeness (QED) is 0.329. The highest BCUT2D eigenvalue weighted by Gasteiger charge is 2.17. The number of amidine groups is 1. The summed E-state index contributed by atoms with van der Waals surface area (Å²) in [5, 5.41) is 11.4. The van der Waals surface area contributed by atoms with Gasteiger partial charge in [0, 0.05) is 5.56 Å². The predicted octanol–water partition coefficient (Wildman–Crippen LogP) is 1.32. The highest BCUT2D eigenvalue weighted by Crippen LogP contribution is 2.19. The summed E-state index contributed by atoms with van der Waals surface area (Å²) in [6, 6.07) is 3.30. The van der Waals surface area contributed by atoms with E-state index in [4.69, 9.17) is 10.9 Å². The van der Waals surface area contributed by atoms with Gasteiger partial charge >= 0.3 is 0 Å². The van der Waals surface area contributed by atoms with E-state index >= 15 is 0 Å². The van der Waals surface area contributed by atoms with E-state index in [2.05, 4.69) is 9.88 Å². The number of sulfonamides is 1. The first kappa shape index (κ1) is 15.2. The second kappa shape index (κ2) is 5.87. The van der Waals surface area contributed by atoms with Gasteiger partial charge in [0.05, 0.1) is 11.4 Å². The zero-order chi connectivity index (χ0) is 14.6. The lowest BCUT2D eigenvalue weighted by molar-refractivity contribution is 0.318. The third-order valence-corrected chi connectivity index (χ3v) is 3.82. The molecule has 0 aliphatic carbocycles. The molecule has 0 unspecified atom stereocenters. The molecule has 0 atom stereocenters. The molecule has 0 radical (unpaired) electrons. The van der Waals surface area contributed by atoms with Crippen LogP contribution in [0.4, 0.5) is 10.1 Å². The number of benzene rings is 1. The third kappa shape index (κ3) is 4.40. The van der Waals surface area contributed by atoms with Crippen LogP contribution in [0.15, 0.2) is 23.4 Å². The Balaban J connectivity index is 3.15. The Morgan fingerprint density at radius 1 is 1.53 bits per heavy atom. The largest absolute Gasteiger partial charge is 0.409 e. The second-order valence-corrected chi connectivity index (χ2v) is 6.22. The van der Waals surface area contributed by atoms with E-state index in [0.717, 1.165) is 12.1 Å². The minimum absolute atomic E-state index is 0.0187. The van der Waals surface area contributed by atoms with Gasteiger partial charge in [-0.1, -0.05) is 19.0 Å². The lowest BCUT2D eigenvalue weighted by Gasteiger charge is -2.13. The van der Waals surface area contributed by atoms with Crippen LogP contribution in [0.25, 0.3) is 0 Å². The molecule has 8 heteroatoms. The molecule has 0 aliphatic heterocycles. The molecule has 19 heavy (non-hydrogen) atoms. The lowest BCUT2D eigenvalue weighted by Crippen LogP contribution is -2.23. The number of hydrogen-bond acceptors (Lipinski definition) is 4. The molecule has 0 bridgehead atoms. The number of nitrogens with one attached hydrogen (secondary N) is 1. The molecule has 0 aliphatic rings. The van der Waals surface area contributed by atoms with Gasteiger partial charge < -0.3 is 10.9 Å². The molecule has 0 amide bonds. The first-order valence-electron chi connectivity index (χ1n) is 5.53. The van der Waals surface area contributed by atoms with Crippen LogP contribution in [0, 0.1) is 11.7 Å². The lowest BCUT2D eigenvalue weighted by atomic mass is 10.1. The summed E-state index contributed by atoms with van der Waals surface area (Å²) < 4.78 is 39.0. The highest BCUT2D eigenvalue weighted by atomic mass is 32.2. The molecular formula is C11H16FN3O3S. The van der Waals surface area contributed by atoms with E-state index in [1.807, 2.05) is 0 Å². The zero-order valence-corrected chi connectivity index (χ0v) is 11.4. The molecule has 1 aromatic carbocycles. The van der Waals surface area contributed by atoms with Crippen LogP contribution in [0.3, 0.4) is 0 Å². The van der Waals surface area contributed by atoms with Gasteiger partial charge in [0.2, 0.25) is 10.0 Å². The molecule has 0 saturated heterocycles. The Bertz CT molecular complexity index is 585. The van der Waals surface area contributed by atoms with Gasteiger partial charge in [-0.25, -0.2) is 12.8 Å². The number of hydrogen-bond donors (Lipinski definition) is 3. The van der Waals surface area contributed by atoms with E-state index in [-0.39, 0.29) is 28.8 Å². The fourth-order valence-corrected chi connectivity index (χ4v) is 2.99. The van der Waals surface area contributed by atoms with Crippen LogP contribution in [-0.4, -0.2) is 25.2 Å². The standard InChI is InChI=1S/C11H16FN3O3S/c1-7(2)6-19(17,18)15-10-4-3-8(12)5-9(10)11(13)14-16/h3-5,7,15-16H,6H2,1-2H3,(H2,13,14). The van der Waals surface area contributed by atoms with Crippen LogP contribution in [0.5, 0.6) is 0 Å². The Morgan fingerprint density at radius 3 is 2.68 bits per heavy atom. The van der Waals surface area contributed by atoms with Gasteiger partial charge in [-0.05, 0) is 24.1 Å². The number of halogens is 1. The summed E-state index contributed by atoms with van der Waals surface area (Å²) in [7, 11) is -3.58. The molecule has 0 fully saturated rings. The minimum Gasteiger partial charge on any atom is -0.409 e. The fourth-order valence-electron chi connectivity index (χ4n) is 1.52. The number of nitrogens with zero attached hydrogens (tertiary/aromatic N) is 1. The Hall–Kier alpha value is -1.83. The van der Waals surface area contributed by atoms with Crippen molar-refractivity contribution < 1.29 is 18.0 Å². The van der Waals surface area contributed by atoms with Crippen molar-refractivity contribution in [3.8, 4) is 0 Å². The molecule has 1 rings (SSSR count). The minimum atomic E-state index is -3.58. The van der Waals surface area contributed by atoms with Crippen molar-refractivity contribution in [1.82, 2.24) is 0 Å². The van der Waals surface area contributed by atoms with Gasteiger partial charge in [-0.3, -0.25) is 4.72 Å². The number of anilines is 1. The van der Waals surface area contributed by atoms with E-state index < -0.39 is 15.8 Å². The van der Waals surface area contributed by atoms with Crippen molar-refractivity contribution >= 4 is 21.5 Å². The van der Waals surface area contributed by atoms with Crippen molar-refractivity contribution in [2.75, 3.05) is 10.5 Å². The van der Waals surface area contributed by atoms with Crippen molar-refractivity contribution in [2.24, 2.45) is 16.8 Å². The van der Waals surface area contributed by atoms with Crippen LogP contribution < -0.4 is 10.5 Å². The molecule has 0 aromatic heterocycles. The summed E-state index contributed by atoms with van der Waals surface area (Å²) in [6.07, 6.45) is 0. The maximum Gasteiger partial charge on any atom is 0.232 e. The van der Waals surface area contributed by atoms with Gasteiger partial charge in [0.1, 0.15) is 5.82 Å². The molecule has 4 N–H and O–H groups in total. The van der Waals surface area contributed by atoms with Gasteiger partial charge in [0.25, 0.3) is 0 Å². The molecule has 6 nitrogen and oxygen atoms in total. The molecule has 0 saturated carbocycles. The van der Waals surface area contributed by atoms with Gasteiger partial charge in [-0.15, -0.1) is 0 Å². The maximum atomic E-state index is 13.1. The van der Waals surface area contributed by atoms with Crippen LogP contribution in [0.2, 0.25) is 0 Å². The van der Waals surface area contributed by atoms with E-state index in [9.17, 15) is 12.8 Å². The average molecular weight is 289 g/mol. The first-order chi connectivity index (χ1) is 8.75. The Morgan fingerprint density at radius 2 is 2.16 bits per heavy atom. The number of nitrogens with two attached hydrogens (primary N) is 1. The molecule has 106 valence electrons. The fraction of sp³-hybridized carbons (Fsp3) is 0.364. The number of oxime groups is 1. The number of rotatable bonds is 5. The average Bonchev–Trinajstić information content (AvgIpc) is 2.28. The maximum absolute atomic E-state index is 13.1. The Labute approximate surface area is 111 Å².